The van der Waals surface area contributed by atoms with Crippen LogP contribution in [0.1, 0.15) is 44.6 Å². The van der Waals surface area contributed by atoms with Crippen LogP contribution in [0.4, 0.5) is 4.79 Å². The number of amides is 2. The SMILES string of the molecule is CCOc1c(Cl)cc(/C=C2/SC(=O)N(CC3CCCCC3)C2=O)cc1Cl. The Morgan fingerprint density at radius 3 is 2.46 bits per heavy atom. The smallest absolute Gasteiger partial charge is 0.293 e. The minimum absolute atomic E-state index is 0.199. The number of thioether (sulfide) groups is 1. The van der Waals surface area contributed by atoms with Crippen molar-refractivity contribution in [3.8, 4) is 5.75 Å². The minimum Gasteiger partial charge on any atom is -0.491 e. The van der Waals surface area contributed by atoms with Gasteiger partial charge < -0.3 is 4.74 Å². The highest BCUT2D eigenvalue weighted by atomic mass is 35.5. The van der Waals surface area contributed by atoms with Gasteiger partial charge in [0.2, 0.25) is 0 Å². The third kappa shape index (κ3) is 4.38. The summed E-state index contributed by atoms with van der Waals surface area (Å²) in [6, 6.07) is 3.38. The van der Waals surface area contributed by atoms with Gasteiger partial charge in [0, 0.05) is 6.54 Å². The van der Waals surface area contributed by atoms with Crippen LogP contribution >= 0.6 is 35.0 Å². The Hall–Kier alpha value is -1.17. The molecule has 0 bridgehead atoms. The van der Waals surface area contributed by atoms with E-state index in [1.165, 1.54) is 24.2 Å². The number of ether oxygens (including phenoxy) is 1. The molecule has 1 saturated carbocycles. The highest BCUT2D eigenvalue weighted by Crippen LogP contribution is 2.38. The molecule has 1 aliphatic heterocycles. The molecule has 7 heteroatoms. The summed E-state index contributed by atoms with van der Waals surface area (Å²) in [5.41, 5.74) is 0.673. The van der Waals surface area contributed by atoms with Gasteiger partial charge in [-0.25, -0.2) is 0 Å². The van der Waals surface area contributed by atoms with Crippen molar-refractivity contribution in [2.24, 2.45) is 5.92 Å². The summed E-state index contributed by atoms with van der Waals surface area (Å²) < 4.78 is 5.41. The molecule has 4 nitrogen and oxygen atoms in total. The maximum absolute atomic E-state index is 12.7. The lowest BCUT2D eigenvalue weighted by molar-refractivity contribution is -0.123. The van der Waals surface area contributed by atoms with Crippen molar-refractivity contribution in [3.63, 3.8) is 0 Å². The highest BCUT2D eigenvalue weighted by Gasteiger charge is 2.36. The second-order valence-corrected chi connectivity index (χ2v) is 8.35. The van der Waals surface area contributed by atoms with Crippen LogP contribution in [-0.4, -0.2) is 29.2 Å². The van der Waals surface area contributed by atoms with Crippen LogP contribution in [0, 0.1) is 5.92 Å². The number of hydrogen-bond donors (Lipinski definition) is 0. The molecular formula is C19H21Cl2NO3S. The standard InChI is InChI=1S/C19H21Cl2NO3S/c1-2-25-17-14(20)8-13(9-15(17)21)10-16-18(23)22(19(24)26-16)11-12-6-4-3-5-7-12/h8-10,12H,2-7,11H2,1H3/b16-10+. The predicted octanol–water partition coefficient (Wildman–Crippen LogP) is 6.01. The van der Waals surface area contributed by atoms with Gasteiger partial charge in [-0.05, 0) is 61.2 Å². The van der Waals surface area contributed by atoms with Gasteiger partial charge in [0.05, 0.1) is 21.6 Å². The molecule has 0 atom stereocenters. The fraction of sp³-hybridized carbons (Fsp3) is 0.474. The van der Waals surface area contributed by atoms with Gasteiger partial charge in [0.25, 0.3) is 11.1 Å². The zero-order valence-electron chi connectivity index (χ0n) is 14.6. The second kappa shape index (κ2) is 8.68. The first-order chi connectivity index (χ1) is 12.5. The molecule has 2 fully saturated rings. The summed E-state index contributed by atoms with van der Waals surface area (Å²) in [7, 11) is 0. The Morgan fingerprint density at radius 2 is 1.85 bits per heavy atom. The molecule has 1 aromatic rings. The van der Waals surface area contributed by atoms with Crippen molar-refractivity contribution in [2.75, 3.05) is 13.2 Å². The van der Waals surface area contributed by atoms with E-state index in [4.69, 9.17) is 27.9 Å². The predicted molar refractivity (Wildman–Crippen MR) is 107 cm³/mol. The van der Waals surface area contributed by atoms with Crippen molar-refractivity contribution in [3.05, 3.63) is 32.6 Å². The number of rotatable bonds is 5. The first kappa shape index (κ1) is 19.6. The van der Waals surface area contributed by atoms with Crippen molar-refractivity contribution in [2.45, 2.75) is 39.0 Å². The molecule has 3 rings (SSSR count). The maximum Gasteiger partial charge on any atom is 0.293 e. The number of hydrogen-bond acceptors (Lipinski definition) is 4. The van der Waals surface area contributed by atoms with Gasteiger partial charge in [-0.2, -0.15) is 0 Å². The monoisotopic (exact) mass is 413 g/mol. The number of halogens is 2. The van der Waals surface area contributed by atoms with Gasteiger partial charge >= 0.3 is 0 Å². The Balaban J connectivity index is 1.77. The lowest BCUT2D eigenvalue weighted by Gasteiger charge is -2.25. The lowest BCUT2D eigenvalue weighted by atomic mass is 9.89. The Kier molecular flexibility index (Phi) is 6.54. The van der Waals surface area contributed by atoms with Crippen molar-refractivity contribution in [1.82, 2.24) is 4.90 Å². The second-order valence-electron chi connectivity index (χ2n) is 6.54. The summed E-state index contributed by atoms with van der Waals surface area (Å²) in [5.74, 6) is 0.621. The quantitative estimate of drug-likeness (QED) is 0.554. The highest BCUT2D eigenvalue weighted by molar-refractivity contribution is 8.18. The van der Waals surface area contributed by atoms with Crippen LogP contribution in [0.2, 0.25) is 10.0 Å². The van der Waals surface area contributed by atoms with Crippen LogP contribution in [0.15, 0.2) is 17.0 Å². The largest absolute Gasteiger partial charge is 0.491 e. The van der Waals surface area contributed by atoms with E-state index in [0.717, 1.165) is 24.6 Å². The molecular weight excluding hydrogens is 393 g/mol. The fourth-order valence-electron chi connectivity index (χ4n) is 3.38. The van der Waals surface area contributed by atoms with Crippen molar-refractivity contribution < 1.29 is 14.3 Å². The summed E-state index contributed by atoms with van der Waals surface area (Å²) in [6.45, 7) is 2.83. The van der Waals surface area contributed by atoms with Gasteiger partial charge in [-0.15, -0.1) is 0 Å². The molecule has 0 N–H and O–H groups in total. The van der Waals surface area contributed by atoms with Crippen molar-refractivity contribution >= 4 is 52.2 Å². The van der Waals surface area contributed by atoms with Gasteiger partial charge in [-0.3, -0.25) is 14.5 Å². The van der Waals surface area contributed by atoms with Crippen LogP contribution in [-0.2, 0) is 4.79 Å². The molecule has 1 saturated heterocycles. The fourth-order valence-corrected chi connectivity index (χ4v) is 4.84. The number of nitrogens with zero attached hydrogens (tertiary/aromatic N) is 1. The Bertz CT molecular complexity index is 721. The summed E-state index contributed by atoms with van der Waals surface area (Å²) in [5, 5.41) is 0.564. The maximum atomic E-state index is 12.7. The van der Waals surface area contributed by atoms with Crippen molar-refractivity contribution in [1.29, 1.82) is 0 Å². The van der Waals surface area contributed by atoms with Crippen LogP contribution in [0.5, 0.6) is 5.75 Å². The van der Waals surface area contributed by atoms with Gasteiger partial charge in [0.1, 0.15) is 0 Å². The van der Waals surface area contributed by atoms with E-state index in [0.29, 0.717) is 45.3 Å². The third-order valence-corrected chi connectivity index (χ3v) is 6.12. The first-order valence-corrected chi connectivity index (χ1v) is 10.4. The van der Waals surface area contributed by atoms with E-state index in [2.05, 4.69) is 0 Å². The molecule has 26 heavy (non-hydrogen) atoms. The summed E-state index contributed by atoms with van der Waals surface area (Å²) in [6.07, 6.45) is 7.45. The molecule has 1 heterocycles. The van der Waals surface area contributed by atoms with Gasteiger partial charge in [-0.1, -0.05) is 42.5 Å². The molecule has 140 valence electrons. The van der Waals surface area contributed by atoms with Gasteiger partial charge in [0.15, 0.2) is 5.75 Å². The molecule has 0 aromatic heterocycles. The Morgan fingerprint density at radius 1 is 1.19 bits per heavy atom. The van der Waals surface area contributed by atoms with E-state index >= 15 is 0 Å². The molecule has 0 spiro atoms. The molecule has 2 amide bonds. The number of carbonyl (C=O) groups is 2. The molecule has 0 radical (unpaired) electrons. The zero-order valence-corrected chi connectivity index (χ0v) is 16.9. The first-order valence-electron chi connectivity index (χ1n) is 8.86. The topological polar surface area (TPSA) is 46.6 Å². The number of carbonyl (C=O) groups excluding carboxylic acids is 2. The van der Waals surface area contributed by atoms with Crippen LogP contribution in [0.3, 0.4) is 0 Å². The van der Waals surface area contributed by atoms with E-state index in [9.17, 15) is 9.59 Å². The normalized spacial score (nSPS) is 20.3. The lowest BCUT2D eigenvalue weighted by Crippen LogP contribution is -2.34. The summed E-state index contributed by atoms with van der Waals surface area (Å²) >= 11 is 13.4. The van der Waals surface area contributed by atoms with E-state index < -0.39 is 0 Å². The summed E-state index contributed by atoms with van der Waals surface area (Å²) in [4.78, 5) is 26.7. The third-order valence-electron chi connectivity index (χ3n) is 4.65. The zero-order chi connectivity index (χ0) is 18.7. The molecule has 1 aliphatic carbocycles. The number of imide groups is 1. The van der Waals surface area contributed by atoms with Crippen LogP contribution < -0.4 is 4.74 Å². The number of benzene rings is 1. The van der Waals surface area contributed by atoms with Crippen LogP contribution in [0.25, 0.3) is 6.08 Å². The average Bonchev–Trinajstić information content (AvgIpc) is 2.86. The molecule has 1 aromatic carbocycles. The average molecular weight is 414 g/mol. The molecule has 0 unspecified atom stereocenters. The van der Waals surface area contributed by atoms with E-state index in [-0.39, 0.29) is 11.1 Å². The van der Waals surface area contributed by atoms with E-state index in [1.54, 1.807) is 18.2 Å². The van der Waals surface area contributed by atoms with E-state index in [1.807, 2.05) is 6.92 Å². The Labute approximate surface area is 167 Å². The molecule has 2 aliphatic rings. The minimum atomic E-state index is -0.230.